The third-order valence-electron chi connectivity index (χ3n) is 6.14. The third kappa shape index (κ3) is 2.86. The summed E-state index contributed by atoms with van der Waals surface area (Å²) in [4.78, 5) is 14.2. The van der Waals surface area contributed by atoms with E-state index < -0.39 is 14.6 Å². The van der Waals surface area contributed by atoms with Crippen LogP contribution in [0.4, 0.5) is 4.79 Å². The van der Waals surface area contributed by atoms with Gasteiger partial charge in [-0.15, -0.1) is 0 Å². The van der Waals surface area contributed by atoms with Crippen molar-refractivity contribution in [1.82, 2.24) is 10.2 Å². The van der Waals surface area contributed by atoms with Gasteiger partial charge in [-0.3, -0.25) is 0 Å². The normalized spacial score (nSPS) is 28.9. The number of sulfone groups is 1. The molecule has 0 radical (unpaired) electrons. The zero-order chi connectivity index (χ0) is 15.8. The highest BCUT2D eigenvalue weighted by Crippen LogP contribution is 2.43. The van der Waals surface area contributed by atoms with E-state index in [9.17, 15) is 13.2 Å². The van der Waals surface area contributed by atoms with E-state index in [0.717, 1.165) is 19.3 Å². The van der Waals surface area contributed by atoms with Gasteiger partial charge in [0, 0.05) is 19.1 Å². The lowest BCUT2D eigenvalue weighted by molar-refractivity contribution is 0.188. The van der Waals surface area contributed by atoms with Crippen molar-refractivity contribution in [2.45, 2.75) is 69.1 Å². The van der Waals surface area contributed by atoms with Gasteiger partial charge in [0.25, 0.3) is 0 Å². The Morgan fingerprint density at radius 1 is 1.14 bits per heavy atom. The van der Waals surface area contributed by atoms with Gasteiger partial charge in [-0.2, -0.15) is 0 Å². The van der Waals surface area contributed by atoms with Crippen LogP contribution in [0.3, 0.4) is 0 Å². The highest BCUT2D eigenvalue weighted by atomic mass is 32.2. The third-order valence-corrected chi connectivity index (χ3v) is 8.79. The Morgan fingerprint density at radius 2 is 1.82 bits per heavy atom. The fraction of sp³-hybridized carbons (Fsp3) is 0.938. The maximum absolute atomic E-state index is 12.5. The molecule has 0 aromatic heterocycles. The highest BCUT2D eigenvalue weighted by molar-refractivity contribution is 7.92. The molecule has 0 aromatic rings. The maximum atomic E-state index is 12.5. The Morgan fingerprint density at radius 3 is 2.41 bits per heavy atom. The molecule has 6 heteroatoms. The van der Waals surface area contributed by atoms with Gasteiger partial charge in [-0.25, -0.2) is 13.2 Å². The van der Waals surface area contributed by atoms with E-state index in [2.05, 4.69) is 12.2 Å². The summed E-state index contributed by atoms with van der Waals surface area (Å²) in [6.07, 6.45) is 8.08. The number of amides is 2. The van der Waals surface area contributed by atoms with E-state index in [1.807, 2.05) is 0 Å². The molecule has 0 bridgehead atoms. The van der Waals surface area contributed by atoms with E-state index in [-0.39, 0.29) is 17.8 Å². The Hall–Kier alpha value is -0.780. The summed E-state index contributed by atoms with van der Waals surface area (Å²) < 4.78 is 24.4. The fourth-order valence-corrected chi connectivity index (χ4v) is 6.46. The van der Waals surface area contributed by atoms with Crippen LogP contribution in [0, 0.1) is 5.92 Å². The number of hydrogen-bond acceptors (Lipinski definition) is 3. The van der Waals surface area contributed by atoms with E-state index in [0.29, 0.717) is 25.4 Å². The zero-order valence-electron chi connectivity index (χ0n) is 13.5. The van der Waals surface area contributed by atoms with Crippen LogP contribution in [0.2, 0.25) is 0 Å². The van der Waals surface area contributed by atoms with Gasteiger partial charge in [0.15, 0.2) is 9.84 Å². The molecule has 0 unspecified atom stereocenters. The smallest absolute Gasteiger partial charge is 0.317 e. The Bertz CT molecular complexity index is 522. The predicted molar refractivity (Wildman–Crippen MR) is 86.5 cm³/mol. The lowest BCUT2D eigenvalue weighted by Crippen LogP contribution is -2.47. The first-order valence-electron chi connectivity index (χ1n) is 8.71. The summed E-state index contributed by atoms with van der Waals surface area (Å²) in [7, 11) is -3.06. The molecule has 2 amide bonds. The van der Waals surface area contributed by atoms with Crippen molar-refractivity contribution in [2.24, 2.45) is 5.92 Å². The molecule has 22 heavy (non-hydrogen) atoms. The molecule has 3 rings (SSSR count). The number of nitrogens with one attached hydrogen (secondary N) is 1. The second-order valence-corrected chi connectivity index (χ2v) is 9.88. The first kappa shape index (κ1) is 16.1. The number of nitrogens with zero attached hydrogens (tertiary/aromatic N) is 1. The van der Waals surface area contributed by atoms with Crippen molar-refractivity contribution < 1.29 is 13.2 Å². The average molecular weight is 328 g/mol. The molecule has 5 nitrogen and oxygen atoms in total. The lowest BCUT2D eigenvalue weighted by Gasteiger charge is -2.39. The molecule has 1 spiro atoms. The minimum absolute atomic E-state index is 0.0778. The Balaban J connectivity index is 1.59. The van der Waals surface area contributed by atoms with Gasteiger partial charge in [0.2, 0.25) is 0 Å². The first-order valence-corrected chi connectivity index (χ1v) is 10.4. The summed E-state index contributed by atoms with van der Waals surface area (Å²) in [6.45, 7) is 2.99. The quantitative estimate of drug-likeness (QED) is 0.846. The molecule has 3 aliphatic rings. The molecule has 1 heterocycles. The number of urea groups is 1. The number of hydrogen-bond donors (Lipinski definition) is 1. The SMILES string of the molecule is C[C@H](NC(=O)N1CCC2(CCC2)S(=O)(=O)CC1)C1CCCC1. The van der Waals surface area contributed by atoms with Crippen molar-refractivity contribution in [1.29, 1.82) is 0 Å². The number of carbonyl (C=O) groups excluding carboxylic acids is 1. The minimum Gasteiger partial charge on any atom is -0.335 e. The molecule has 3 fully saturated rings. The van der Waals surface area contributed by atoms with Gasteiger partial charge in [0.1, 0.15) is 0 Å². The van der Waals surface area contributed by atoms with Crippen molar-refractivity contribution in [3.63, 3.8) is 0 Å². The molecule has 1 N–H and O–H groups in total. The molecule has 0 aromatic carbocycles. The largest absolute Gasteiger partial charge is 0.335 e. The van der Waals surface area contributed by atoms with Gasteiger partial charge in [-0.05, 0) is 44.9 Å². The number of rotatable bonds is 2. The van der Waals surface area contributed by atoms with E-state index in [1.54, 1.807) is 4.90 Å². The van der Waals surface area contributed by atoms with Crippen molar-refractivity contribution >= 4 is 15.9 Å². The van der Waals surface area contributed by atoms with Crippen LogP contribution < -0.4 is 5.32 Å². The monoisotopic (exact) mass is 328 g/mol. The second kappa shape index (κ2) is 6.02. The summed E-state index contributed by atoms with van der Waals surface area (Å²) in [5, 5.41) is 3.10. The summed E-state index contributed by atoms with van der Waals surface area (Å²) >= 11 is 0. The predicted octanol–water partition coefficient (Wildman–Crippen LogP) is 2.32. The Kier molecular flexibility index (Phi) is 4.40. The van der Waals surface area contributed by atoms with Crippen molar-refractivity contribution in [3.8, 4) is 0 Å². The highest BCUT2D eigenvalue weighted by Gasteiger charge is 2.49. The van der Waals surface area contributed by atoms with E-state index in [4.69, 9.17) is 0 Å². The Labute approximate surface area is 133 Å². The van der Waals surface area contributed by atoms with Crippen LogP contribution in [-0.4, -0.2) is 49.0 Å². The van der Waals surface area contributed by atoms with Crippen molar-refractivity contribution in [2.75, 3.05) is 18.8 Å². The second-order valence-electron chi connectivity index (χ2n) is 7.38. The molecular weight excluding hydrogens is 300 g/mol. The van der Waals surface area contributed by atoms with Gasteiger partial charge < -0.3 is 10.2 Å². The van der Waals surface area contributed by atoms with Crippen LogP contribution in [0.1, 0.15) is 58.3 Å². The zero-order valence-corrected chi connectivity index (χ0v) is 14.3. The molecule has 126 valence electrons. The molecule has 1 atom stereocenters. The molecule has 2 aliphatic carbocycles. The standard InChI is InChI=1S/C16H28N2O3S/c1-13(14-5-2-3-6-14)17-15(19)18-10-9-16(7-4-8-16)22(20,21)12-11-18/h13-14H,2-12H2,1H3,(H,17,19)/t13-/m0/s1. The summed E-state index contributed by atoms with van der Waals surface area (Å²) in [6, 6.07) is 0.110. The lowest BCUT2D eigenvalue weighted by atomic mass is 9.81. The molecular formula is C16H28N2O3S. The average Bonchev–Trinajstić information content (AvgIpc) is 2.89. The van der Waals surface area contributed by atoms with Crippen molar-refractivity contribution in [3.05, 3.63) is 0 Å². The van der Waals surface area contributed by atoms with Gasteiger partial charge in [-0.1, -0.05) is 19.3 Å². The summed E-state index contributed by atoms with van der Waals surface area (Å²) in [5.74, 6) is 0.704. The minimum atomic E-state index is -3.06. The fourth-order valence-electron chi connectivity index (χ4n) is 4.25. The molecule has 1 aliphatic heterocycles. The summed E-state index contributed by atoms with van der Waals surface area (Å²) in [5.41, 5.74) is 0. The van der Waals surface area contributed by atoms with Gasteiger partial charge >= 0.3 is 6.03 Å². The molecule has 2 saturated carbocycles. The van der Waals surface area contributed by atoms with E-state index >= 15 is 0 Å². The van der Waals surface area contributed by atoms with Crippen LogP contribution in [0.15, 0.2) is 0 Å². The maximum Gasteiger partial charge on any atom is 0.317 e. The molecule has 1 saturated heterocycles. The van der Waals surface area contributed by atoms with Crippen LogP contribution >= 0.6 is 0 Å². The van der Waals surface area contributed by atoms with E-state index in [1.165, 1.54) is 25.7 Å². The van der Waals surface area contributed by atoms with Crippen LogP contribution in [0.25, 0.3) is 0 Å². The van der Waals surface area contributed by atoms with Gasteiger partial charge in [0.05, 0.1) is 10.5 Å². The first-order chi connectivity index (χ1) is 10.4. The van der Waals surface area contributed by atoms with Crippen LogP contribution in [0.5, 0.6) is 0 Å². The number of carbonyl (C=O) groups is 1. The van der Waals surface area contributed by atoms with Crippen LogP contribution in [-0.2, 0) is 9.84 Å². The topological polar surface area (TPSA) is 66.5 Å².